The Morgan fingerprint density at radius 2 is 1.85 bits per heavy atom. The molecule has 0 aliphatic heterocycles. The van der Waals surface area contributed by atoms with E-state index in [1.165, 1.54) is 18.2 Å². The van der Waals surface area contributed by atoms with Crippen LogP contribution in [-0.4, -0.2) is 20.5 Å². The molecule has 2 aromatic rings. The first-order chi connectivity index (χ1) is 12.1. The van der Waals surface area contributed by atoms with Gasteiger partial charge in [-0.25, -0.2) is 17.2 Å². The van der Waals surface area contributed by atoms with E-state index in [1.807, 2.05) is 0 Å². The molecule has 0 heterocycles. The molecular formula is C19H15F2NO3S. The number of rotatable bonds is 4. The van der Waals surface area contributed by atoms with Crippen LogP contribution in [0.25, 0.3) is 11.1 Å². The second-order valence-corrected chi connectivity index (χ2v) is 8.45. The molecule has 3 rings (SSSR count). The number of halogens is 2. The topological polar surface area (TPSA) is 75.0 Å². The number of Topliss-reactive ketones (excluding diaryl/α,β-unsaturated/α-hetero) is 1. The molecule has 2 aromatic carbocycles. The third-order valence-corrected chi connectivity index (χ3v) is 5.66. The summed E-state index contributed by atoms with van der Waals surface area (Å²) in [5, 5.41) is 9.35. The van der Waals surface area contributed by atoms with E-state index in [0.29, 0.717) is 24.5 Å². The molecule has 0 atom stereocenters. The fraction of sp³-hybridized carbons (Fsp3) is 0.263. The molecule has 0 bridgehead atoms. The van der Waals surface area contributed by atoms with Gasteiger partial charge in [-0.05, 0) is 37.0 Å². The summed E-state index contributed by atoms with van der Waals surface area (Å²) in [5.41, 5.74) is -0.263. The predicted molar refractivity (Wildman–Crippen MR) is 91.4 cm³/mol. The highest BCUT2D eigenvalue weighted by Gasteiger charge is 2.35. The molecule has 4 nitrogen and oxygen atoms in total. The smallest absolute Gasteiger partial charge is 0.175 e. The fourth-order valence-corrected chi connectivity index (χ4v) is 3.99. The molecule has 1 saturated carbocycles. The van der Waals surface area contributed by atoms with E-state index < -0.39 is 32.8 Å². The van der Waals surface area contributed by atoms with Gasteiger partial charge in [0.15, 0.2) is 15.6 Å². The third-order valence-electron chi connectivity index (χ3n) is 4.40. The Balaban J connectivity index is 2.32. The molecule has 1 aliphatic rings. The monoisotopic (exact) mass is 375 g/mol. The normalized spacial score (nSPS) is 14.1. The molecule has 0 amide bonds. The van der Waals surface area contributed by atoms with E-state index in [2.05, 4.69) is 0 Å². The Bertz CT molecular complexity index is 1080. The van der Waals surface area contributed by atoms with Crippen molar-refractivity contribution in [2.24, 2.45) is 5.92 Å². The first kappa shape index (κ1) is 18.2. The number of carbonyl (C=O) groups excluding carboxylic acids is 1. The lowest BCUT2D eigenvalue weighted by Gasteiger charge is -2.14. The summed E-state index contributed by atoms with van der Waals surface area (Å²) in [4.78, 5) is 12.6. The lowest BCUT2D eigenvalue weighted by atomic mass is 9.90. The number of sulfone groups is 1. The molecule has 134 valence electrons. The Labute approximate surface area is 150 Å². The summed E-state index contributed by atoms with van der Waals surface area (Å²) in [6.45, 7) is 1.55. The third kappa shape index (κ3) is 3.13. The molecule has 0 aromatic heterocycles. The van der Waals surface area contributed by atoms with Crippen molar-refractivity contribution >= 4 is 15.6 Å². The summed E-state index contributed by atoms with van der Waals surface area (Å²) in [7, 11) is -3.47. The summed E-state index contributed by atoms with van der Waals surface area (Å²) >= 11 is 0. The quantitative estimate of drug-likeness (QED) is 0.762. The molecule has 0 N–H and O–H groups in total. The van der Waals surface area contributed by atoms with Crippen LogP contribution in [0.2, 0.25) is 0 Å². The Morgan fingerprint density at radius 3 is 2.35 bits per heavy atom. The molecular weight excluding hydrogens is 360 g/mol. The van der Waals surface area contributed by atoms with E-state index in [0.717, 1.165) is 6.26 Å². The highest BCUT2D eigenvalue weighted by Crippen LogP contribution is 2.39. The first-order valence-electron chi connectivity index (χ1n) is 7.92. The highest BCUT2D eigenvalue weighted by molar-refractivity contribution is 7.90. The SMILES string of the molecule is Cc1cc(-c2c(C#N)c(F)cc(F)c2C(=O)C2CC2)ccc1S(C)(=O)=O. The lowest BCUT2D eigenvalue weighted by molar-refractivity contribution is 0.0964. The van der Waals surface area contributed by atoms with Crippen LogP contribution in [-0.2, 0) is 9.84 Å². The van der Waals surface area contributed by atoms with Crippen molar-refractivity contribution in [3.63, 3.8) is 0 Å². The lowest BCUT2D eigenvalue weighted by Crippen LogP contribution is -2.10. The van der Waals surface area contributed by atoms with Gasteiger partial charge in [0.1, 0.15) is 17.7 Å². The van der Waals surface area contributed by atoms with Gasteiger partial charge in [0, 0.05) is 23.8 Å². The maximum absolute atomic E-state index is 14.5. The van der Waals surface area contributed by atoms with E-state index in [9.17, 15) is 27.3 Å². The standard InChI is InChI=1S/C19H15F2NO3S/c1-10-7-12(5-6-16(10)26(2,24)25)17-13(9-22)14(20)8-15(21)18(17)19(23)11-3-4-11/h5-8,11H,3-4H2,1-2H3. The average molecular weight is 375 g/mol. The summed E-state index contributed by atoms with van der Waals surface area (Å²) < 4.78 is 52.2. The summed E-state index contributed by atoms with van der Waals surface area (Å²) in [5.74, 6) is -2.86. The zero-order valence-corrected chi connectivity index (χ0v) is 15.0. The van der Waals surface area contributed by atoms with Crippen LogP contribution >= 0.6 is 0 Å². The van der Waals surface area contributed by atoms with Crippen molar-refractivity contribution in [1.29, 1.82) is 5.26 Å². The van der Waals surface area contributed by atoms with E-state index in [-0.39, 0.29) is 27.5 Å². The zero-order chi connectivity index (χ0) is 19.2. The van der Waals surface area contributed by atoms with Crippen LogP contribution in [0.15, 0.2) is 29.2 Å². The number of carbonyl (C=O) groups is 1. The van der Waals surface area contributed by atoms with Crippen molar-refractivity contribution in [3.8, 4) is 17.2 Å². The molecule has 1 fully saturated rings. The van der Waals surface area contributed by atoms with Crippen molar-refractivity contribution in [1.82, 2.24) is 0 Å². The van der Waals surface area contributed by atoms with Crippen LogP contribution < -0.4 is 0 Å². The molecule has 7 heteroatoms. The van der Waals surface area contributed by atoms with Crippen LogP contribution in [0.4, 0.5) is 8.78 Å². The molecule has 0 saturated heterocycles. The molecule has 1 aliphatic carbocycles. The van der Waals surface area contributed by atoms with Gasteiger partial charge in [-0.1, -0.05) is 12.1 Å². The summed E-state index contributed by atoms with van der Waals surface area (Å²) in [6, 6.07) is 6.35. The van der Waals surface area contributed by atoms with Crippen LogP contribution in [0.5, 0.6) is 0 Å². The molecule has 26 heavy (non-hydrogen) atoms. The number of nitriles is 1. The van der Waals surface area contributed by atoms with Gasteiger partial charge in [-0.15, -0.1) is 0 Å². The first-order valence-corrected chi connectivity index (χ1v) is 9.81. The van der Waals surface area contributed by atoms with Gasteiger partial charge in [0.25, 0.3) is 0 Å². The van der Waals surface area contributed by atoms with Gasteiger partial charge in [0.2, 0.25) is 0 Å². The fourth-order valence-electron chi connectivity index (χ4n) is 3.03. The van der Waals surface area contributed by atoms with Crippen LogP contribution in [0, 0.1) is 35.8 Å². The minimum absolute atomic E-state index is 0.0757. The molecule has 0 unspecified atom stereocenters. The molecule has 0 spiro atoms. The number of nitrogens with zero attached hydrogens (tertiary/aromatic N) is 1. The number of ketones is 1. The van der Waals surface area contributed by atoms with Crippen LogP contribution in [0.1, 0.15) is 34.3 Å². The second-order valence-electron chi connectivity index (χ2n) is 6.47. The number of hydrogen-bond acceptors (Lipinski definition) is 4. The number of hydrogen-bond donors (Lipinski definition) is 0. The van der Waals surface area contributed by atoms with Crippen LogP contribution in [0.3, 0.4) is 0 Å². The number of benzene rings is 2. The van der Waals surface area contributed by atoms with Crippen molar-refractivity contribution in [2.45, 2.75) is 24.7 Å². The minimum atomic E-state index is -3.47. The van der Waals surface area contributed by atoms with Gasteiger partial charge in [0.05, 0.1) is 16.0 Å². The van der Waals surface area contributed by atoms with Crippen molar-refractivity contribution in [3.05, 3.63) is 52.6 Å². The van der Waals surface area contributed by atoms with Crippen molar-refractivity contribution < 1.29 is 22.0 Å². The van der Waals surface area contributed by atoms with E-state index >= 15 is 0 Å². The average Bonchev–Trinajstić information content (AvgIpc) is 3.37. The van der Waals surface area contributed by atoms with Gasteiger partial charge in [-0.2, -0.15) is 5.26 Å². The second kappa shape index (κ2) is 6.29. The molecule has 0 radical (unpaired) electrons. The van der Waals surface area contributed by atoms with Gasteiger partial charge < -0.3 is 0 Å². The number of aryl methyl sites for hydroxylation is 1. The largest absolute Gasteiger partial charge is 0.294 e. The minimum Gasteiger partial charge on any atom is -0.294 e. The highest BCUT2D eigenvalue weighted by atomic mass is 32.2. The van der Waals surface area contributed by atoms with Gasteiger partial charge >= 0.3 is 0 Å². The summed E-state index contributed by atoms with van der Waals surface area (Å²) in [6.07, 6.45) is 2.31. The van der Waals surface area contributed by atoms with Crippen molar-refractivity contribution in [2.75, 3.05) is 6.26 Å². The Kier molecular flexibility index (Phi) is 4.41. The maximum atomic E-state index is 14.5. The van der Waals surface area contributed by atoms with E-state index in [4.69, 9.17) is 0 Å². The van der Waals surface area contributed by atoms with Gasteiger partial charge in [-0.3, -0.25) is 4.79 Å². The zero-order valence-electron chi connectivity index (χ0n) is 14.1. The maximum Gasteiger partial charge on any atom is 0.175 e. The Hall–Kier alpha value is -2.59. The van der Waals surface area contributed by atoms with E-state index in [1.54, 1.807) is 13.0 Å². The Morgan fingerprint density at radius 1 is 1.19 bits per heavy atom. The predicted octanol–water partition coefficient (Wildman–Crippen LogP) is 3.81.